The number of ketones is 1. The van der Waals surface area contributed by atoms with E-state index in [2.05, 4.69) is 5.32 Å². The summed E-state index contributed by atoms with van der Waals surface area (Å²) in [4.78, 5) is 11.3. The number of alkyl halides is 3. The largest absolute Gasteiger partial charge is 0.454 e. The van der Waals surface area contributed by atoms with E-state index in [0.29, 0.717) is 6.54 Å². The van der Waals surface area contributed by atoms with Crippen LogP contribution in [0.25, 0.3) is 5.57 Å². The fraction of sp³-hybridized carbons (Fsp3) is 0.308. The van der Waals surface area contributed by atoms with Crippen molar-refractivity contribution in [2.45, 2.75) is 19.5 Å². The van der Waals surface area contributed by atoms with E-state index < -0.39 is 12.0 Å². The van der Waals surface area contributed by atoms with Crippen molar-refractivity contribution in [3.8, 4) is 0 Å². The van der Waals surface area contributed by atoms with Crippen LogP contribution in [0, 0.1) is 0 Å². The van der Waals surface area contributed by atoms with Gasteiger partial charge in [-0.05, 0) is 12.0 Å². The number of halogens is 3. The molecule has 1 aromatic carbocycles. The summed E-state index contributed by atoms with van der Waals surface area (Å²) < 4.78 is 37.4. The molecule has 1 aromatic rings. The van der Waals surface area contributed by atoms with Gasteiger partial charge in [0.25, 0.3) is 5.78 Å². The maximum absolute atomic E-state index is 12.5. The first-order valence-corrected chi connectivity index (χ1v) is 5.57. The van der Waals surface area contributed by atoms with Gasteiger partial charge >= 0.3 is 6.18 Å². The van der Waals surface area contributed by atoms with Crippen LogP contribution in [0.3, 0.4) is 0 Å². The topological polar surface area (TPSA) is 29.1 Å². The van der Waals surface area contributed by atoms with Crippen molar-refractivity contribution in [3.63, 3.8) is 0 Å². The average Bonchev–Trinajstić information content (AvgIpc) is 2.34. The molecule has 0 amide bonds. The summed E-state index contributed by atoms with van der Waals surface area (Å²) in [5.41, 5.74) is -0.111. The Balaban J connectivity index is 3.04. The van der Waals surface area contributed by atoms with Gasteiger partial charge in [0.15, 0.2) is 0 Å². The SMILES string of the molecule is CCCN/C=C(\C(=O)C(F)(F)F)c1ccccc1. The third-order valence-electron chi connectivity index (χ3n) is 2.23. The van der Waals surface area contributed by atoms with Gasteiger partial charge in [0.1, 0.15) is 0 Å². The molecular formula is C13H14F3NO. The summed E-state index contributed by atoms with van der Waals surface area (Å²) in [7, 11) is 0. The molecule has 2 nitrogen and oxygen atoms in total. The van der Waals surface area contributed by atoms with Gasteiger partial charge in [-0.15, -0.1) is 0 Å². The molecule has 0 saturated carbocycles. The van der Waals surface area contributed by atoms with E-state index >= 15 is 0 Å². The van der Waals surface area contributed by atoms with Crippen LogP contribution < -0.4 is 5.32 Å². The average molecular weight is 257 g/mol. The van der Waals surface area contributed by atoms with Gasteiger partial charge in [-0.2, -0.15) is 13.2 Å². The second kappa shape index (κ2) is 6.23. The molecule has 5 heteroatoms. The summed E-state index contributed by atoms with van der Waals surface area (Å²) in [6.07, 6.45) is -2.97. The Morgan fingerprint density at radius 3 is 2.39 bits per heavy atom. The van der Waals surface area contributed by atoms with Crippen molar-refractivity contribution < 1.29 is 18.0 Å². The number of Topliss-reactive ketones (excluding diaryl/α,β-unsaturated/α-hetero) is 1. The predicted molar refractivity (Wildman–Crippen MR) is 63.8 cm³/mol. The smallest absolute Gasteiger partial charge is 0.390 e. The standard InChI is InChI=1S/C13H14F3NO/c1-2-8-17-9-11(12(18)13(14,15)16)10-6-4-3-5-7-10/h3-7,9,17H,2,8H2,1H3/b11-9-. The molecule has 0 unspecified atom stereocenters. The van der Waals surface area contributed by atoms with Crippen LogP contribution >= 0.6 is 0 Å². The molecule has 0 heterocycles. The fourth-order valence-corrected chi connectivity index (χ4v) is 1.37. The second-order valence-electron chi connectivity index (χ2n) is 3.71. The Morgan fingerprint density at radius 2 is 1.89 bits per heavy atom. The highest BCUT2D eigenvalue weighted by Crippen LogP contribution is 2.26. The van der Waals surface area contributed by atoms with E-state index in [9.17, 15) is 18.0 Å². The Kier molecular flexibility index (Phi) is 4.95. The van der Waals surface area contributed by atoms with Crippen molar-refractivity contribution in [1.29, 1.82) is 0 Å². The van der Waals surface area contributed by atoms with Gasteiger partial charge in [-0.1, -0.05) is 37.3 Å². The molecule has 0 spiro atoms. The third-order valence-corrected chi connectivity index (χ3v) is 2.23. The number of carbonyl (C=O) groups is 1. The van der Waals surface area contributed by atoms with Crippen molar-refractivity contribution in [2.24, 2.45) is 0 Å². The molecular weight excluding hydrogens is 243 g/mol. The Hall–Kier alpha value is -1.78. The van der Waals surface area contributed by atoms with Crippen LogP contribution in [0.15, 0.2) is 36.5 Å². The van der Waals surface area contributed by atoms with Gasteiger partial charge < -0.3 is 5.32 Å². The van der Waals surface area contributed by atoms with E-state index in [4.69, 9.17) is 0 Å². The van der Waals surface area contributed by atoms with Crippen molar-refractivity contribution >= 4 is 11.4 Å². The molecule has 18 heavy (non-hydrogen) atoms. The number of rotatable bonds is 5. The lowest BCUT2D eigenvalue weighted by atomic mass is 10.0. The minimum Gasteiger partial charge on any atom is -0.390 e. The van der Waals surface area contributed by atoms with Crippen molar-refractivity contribution in [2.75, 3.05) is 6.54 Å². The molecule has 0 aliphatic carbocycles. The number of allylic oxidation sites excluding steroid dienone is 1. The lowest BCUT2D eigenvalue weighted by Crippen LogP contribution is -2.25. The normalized spacial score (nSPS) is 12.3. The quantitative estimate of drug-likeness (QED) is 0.648. The molecule has 0 saturated heterocycles. The minimum absolute atomic E-state index is 0.253. The van der Waals surface area contributed by atoms with Crippen molar-refractivity contribution in [3.05, 3.63) is 42.1 Å². The predicted octanol–water partition coefficient (Wildman–Crippen LogP) is 3.16. The van der Waals surface area contributed by atoms with Gasteiger partial charge in [-0.25, -0.2) is 0 Å². The van der Waals surface area contributed by atoms with Crippen LogP contribution in [0.4, 0.5) is 13.2 Å². The molecule has 0 aliphatic rings. The van der Waals surface area contributed by atoms with E-state index in [-0.39, 0.29) is 11.1 Å². The molecule has 0 radical (unpaired) electrons. The first-order chi connectivity index (χ1) is 8.46. The molecule has 0 fully saturated rings. The first-order valence-electron chi connectivity index (χ1n) is 5.57. The summed E-state index contributed by atoms with van der Waals surface area (Å²) in [5, 5.41) is 2.70. The number of carbonyl (C=O) groups excluding carboxylic acids is 1. The maximum Gasteiger partial charge on any atom is 0.454 e. The zero-order valence-electron chi connectivity index (χ0n) is 9.92. The summed E-state index contributed by atoms with van der Waals surface area (Å²) in [6, 6.07) is 7.81. The summed E-state index contributed by atoms with van der Waals surface area (Å²) in [6.45, 7) is 2.40. The molecule has 0 bridgehead atoms. The molecule has 1 rings (SSSR count). The summed E-state index contributed by atoms with van der Waals surface area (Å²) >= 11 is 0. The van der Waals surface area contributed by atoms with Gasteiger partial charge in [0.05, 0.1) is 5.57 Å². The monoisotopic (exact) mass is 257 g/mol. The molecule has 0 aliphatic heterocycles. The Bertz CT molecular complexity index is 424. The molecule has 98 valence electrons. The van der Waals surface area contributed by atoms with Crippen LogP contribution in [-0.2, 0) is 4.79 Å². The molecule has 1 N–H and O–H groups in total. The highest BCUT2D eigenvalue weighted by molar-refractivity contribution is 6.23. The Morgan fingerprint density at radius 1 is 1.28 bits per heavy atom. The number of nitrogens with one attached hydrogen (secondary N) is 1. The lowest BCUT2D eigenvalue weighted by molar-refractivity contribution is -0.164. The number of hydrogen-bond donors (Lipinski definition) is 1. The van der Waals surface area contributed by atoms with Gasteiger partial charge in [0.2, 0.25) is 0 Å². The number of hydrogen-bond acceptors (Lipinski definition) is 2. The summed E-state index contributed by atoms with van der Waals surface area (Å²) in [5.74, 6) is -1.84. The minimum atomic E-state index is -4.87. The van der Waals surface area contributed by atoms with Crippen LogP contribution in [-0.4, -0.2) is 18.5 Å². The number of benzene rings is 1. The molecule has 0 atom stereocenters. The van der Waals surface area contributed by atoms with E-state index in [1.807, 2.05) is 6.92 Å². The second-order valence-corrected chi connectivity index (χ2v) is 3.71. The van der Waals surface area contributed by atoms with Crippen LogP contribution in [0.2, 0.25) is 0 Å². The zero-order valence-corrected chi connectivity index (χ0v) is 9.92. The highest BCUT2D eigenvalue weighted by atomic mass is 19.4. The maximum atomic E-state index is 12.5. The van der Waals surface area contributed by atoms with Crippen LogP contribution in [0.5, 0.6) is 0 Å². The van der Waals surface area contributed by atoms with E-state index in [0.717, 1.165) is 12.6 Å². The highest BCUT2D eigenvalue weighted by Gasteiger charge is 2.40. The van der Waals surface area contributed by atoms with Gasteiger partial charge in [0, 0.05) is 12.7 Å². The van der Waals surface area contributed by atoms with Crippen LogP contribution in [0.1, 0.15) is 18.9 Å². The van der Waals surface area contributed by atoms with E-state index in [1.165, 1.54) is 12.1 Å². The lowest BCUT2D eigenvalue weighted by Gasteiger charge is -2.10. The Labute approximate surface area is 104 Å². The van der Waals surface area contributed by atoms with Gasteiger partial charge in [-0.3, -0.25) is 4.79 Å². The third kappa shape index (κ3) is 3.91. The van der Waals surface area contributed by atoms with E-state index in [1.54, 1.807) is 18.2 Å². The first kappa shape index (κ1) is 14.3. The zero-order chi connectivity index (χ0) is 13.6. The van der Waals surface area contributed by atoms with Crippen molar-refractivity contribution in [1.82, 2.24) is 5.32 Å². The molecule has 0 aromatic heterocycles. The fourth-order valence-electron chi connectivity index (χ4n) is 1.37.